The lowest BCUT2D eigenvalue weighted by atomic mass is 10.1. The molecule has 1 fully saturated rings. The number of nitrogens with one attached hydrogen (secondary N) is 3. The first-order valence-corrected chi connectivity index (χ1v) is 13.7. The van der Waals surface area contributed by atoms with Crippen LogP contribution in [0.2, 0.25) is 5.02 Å². The van der Waals surface area contributed by atoms with Gasteiger partial charge in [0.15, 0.2) is 5.65 Å². The number of carbonyl (C=O) groups is 1. The van der Waals surface area contributed by atoms with Crippen molar-refractivity contribution in [2.24, 2.45) is 0 Å². The molecular formula is C29H34ClN9O2. The highest BCUT2D eigenvalue weighted by Gasteiger charge is 2.19. The lowest BCUT2D eigenvalue weighted by Gasteiger charge is -2.34. The molecule has 2 aromatic heterocycles. The Bertz CT molecular complexity index is 1560. The fraction of sp³-hybridized carbons (Fsp3) is 0.310. The summed E-state index contributed by atoms with van der Waals surface area (Å²) in [5.41, 5.74) is 4.22. The van der Waals surface area contributed by atoms with Crippen LogP contribution in [-0.2, 0) is 4.79 Å². The van der Waals surface area contributed by atoms with E-state index >= 15 is 0 Å². The van der Waals surface area contributed by atoms with Crippen LogP contribution in [0.15, 0.2) is 54.7 Å². The Labute approximate surface area is 244 Å². The Kier molecular flexibility index (Phi) is 8.67. The first-order chi connectivity index (χ1) is 19.8. The first kappa shape index (κ1) is 28.3. The number of hydrogen-bond donors (Lipinski definition) is 3. The van der Waals surface area contributed by atoms with Gasteiger partial charge in [-0.15, -0.1) is 0 Å². The van der Waals surface area contributed by atoms with E-state index in [2.05, 4.69) is 48.7 Å². The summed E-state index contributed by atoms with van der Waals surface area (Å²) in [6.07, 6.45) is 4.98. The molecule has 12 heteroatoms. The molecule has 4 aromatic rings. The van der Waals surface area contributed by atoms with Crippen LogP contribution in [0.1, 0.15) is 0 Å². The molecule has 1 amide bonds. The molecule has 3 heterocycles. The predicted molar refractivity (Wildman–Crippen MR) is 164 cm³/mol. The zero-order valence-corrected chi connectivity index (χ0v) is 24.4. The van der Waals surface area contributed by atoms with Gasteiger partial charge in [-0.25, -0.2) is 4.98 Å². The highest BCUT2D eigenvalue weighted by molar-refractivity contribution is 6.33. The van der Waals surface area contributed by atoms with Gasteiger partial charge in [-0.1, -0.05) is 17.7 Å². The van der Waals surface area contributed by atoms with Gasteiger partial charge in [-0.2, -0.15) is 10.1 Å². The zero-order chi connectivity index (χ0) is 28.9. The molecule has 41 heavy (non-hydrogen) atoms. The average Bonchev–Trinajstić information content (AvgIpc) is 3.43. The van der Waals surface area contributed by atoms with Gasteiger partial charge in [0.2, 0.25) is 11.9 Å². The standard InChI is InChI=1S/C29H34ClN9O2/c1-37(2)11-5-6-26(40)32-19-7-9-23(30)21(16-19)27-22-18-31-36-28(22)35-29(34-27)33-20-8-10-25(41-4)24(17-20)39-14-12-38(3)13-15-39/h5-10,16-18H,11-15H2,1-4H3,(H,32,40)(H2,31,33,34,35,36)/b6-5+. The molecule has 0 unspecified atom stereocenters. The summed E-state index contributed by atoms with van der Waals surface area (Å²) in [6.45, 7) is 4.45. The van der Waals surface area contributed by atoms with Crippen molar-refractivity contribution in [3.63, 3.8) is 0 Å². The molecule has 2 aromatic carbocycles. The van der Waals surface area contributed by atoms with Gasteiger partial charge in [0, 0.05) is 55.7 Å². The molecule has 5 rings (SSSR count). The van der Waals surface area contributed by atoms with Crippen LogP contribution in [0.25, 0.3) is 22.3 Å². The SMILES string of the molecule is COc1ccc(Nc2nc(-c3cc(NC(=O)/C=C/CN(C)C)ccc3Cl)c3cn[nH]c3n2)cc1N1CCN(C)CC1. The average molecular weight is 576 g/mol. The van der Waals surface area contributed by atoms with Gasteiger partial charge in [-0.3, -0.25) is 9.89 Å². The molecule has 1 aliphatic heterocycles. The maximum absolute atomic E-state index is 12.4. The number of nitrogens with zero attached hydrogens (tertiary/aromatic N) is 6. The Balaban J connectivity index is 1.45. The van der Waals surface area contributed by atoms with Crippen LogP contribution in [0.4, 0.5) is 23.0 Å². The molecule has 0 saturated carbocycles. The van der Waals surface area contributed by atoms with Crippen LogP contribution in [0.3, 0.4) is 0 Å². The predicted octanol–water partition coefficient (Wildman–Crippen LogP) is 4.23. The number of methoxy groups -OCH3 is 1. The largest absolute Gasteiger partial charge is 0.495 e. The number of benzene rings is 2. The highest BCUT2D eigenvalue weighted by atomic mass is 35.5. The Hall–Kier alpha value is -4.19. The van der Waals surface area contributed by atoms with E-state index in [1.807, 2.05) is 31.1 Å². The number of likely N-dealkylation sites (N-methyl/N-ethyl adjacent to an activating group) is 2. The van der Waals surface area contributed by atoms with E-state index in [1.165, 1.54) is 6.08 Å². The van der Waals surface area contributed by atoms with E-state index in [1.54, 1.807) is 37.6 Å². The molecular weight excluding hydrogens is 542 g/mol. The molecule has 0 radical (unpaired) electrons. The van der Waals surface area contributed by atoms with Gasteiger partial charge in [0.1, 0.15) is 5.75 Å². The number of H-pyrrole nitrogens is 1. The van der Waals surface area contributed by atoms with E-state index in [0.29, 0.717) is 45.5 Å². The fourth-order valence-corrected chi connectivity index (χ4v) is 4.83. The third-order valence-corrected chi connectivity index (χ3v) is 7.15. The van der Waals surface area contributed by atoms with E-state index in [9.17, 15) is 4.79 Å². The number of halogens is 1. The van der Waals surface area contributed by atoms with Crippen LogP contribution in [-0.4, -0.2) is 96.8 Å². The lowest BCUT2D eigenvalue weighted by Crippen LogP contribution is -2.44. The van der Waals surface area contributed by atoms with Crippen LogP contribution in [0.5, 0.6) is 5.75 Å². The van der Waals surface area contributed by atoms with Crippen molar-refractivity contribution in [3.8, 4) is 17.0 Å². The number of rotatable bonds is 9. The lowest BCUT2D eigenvalue weighted by molar-refractivity contribution is -0.111. The van der Waals surface area contributed by atoms with Crippen molar-refractivity contribution >= 4 is 51.6 Å². The van der Waals surface area contributed by atoms with Crippen molar-refractivity contribution in [2.45, 2.75) is 0 Å². The number of ether oxygens (including phenoxy) is 1. The van der Waals surface area contributed by atoms with Crippen molar-refractivity contribution < 1.29 is 9.53 Å². The maximum atomic E-state index is 12.4. The van der Waals surface area contributed by atoms with E-state index < -0.39 is 0 Å². The Morgan fingerprint density at radius 2 is 1.90 bits per heavy atom. The molecule has 1 saturated heterocycles. The topological polar surface area (TPSA) is 115 Å². The molecule has 11 nitrogen and oxygen atoms in total. The van der Waals surface area contributed by atoms with Crippen molar-refractivity contribution in [1.29, 1.82) is 0 Å². The number of piperazine rings is 1. The van der Waals surface area contributed by atoms with Crippen molar-refractivity contribution in [1.82, 2.24) is 30.0 Å². The fourth-order valence-electron chi connectivity index (χ4n) is 4.63. The number of aromatic nitrogens is 4. The number of amides is 1. The van der Waals surface area contributed by atoms with Crippen molar-refractivity contribution in [3.05, 3.63) is 59.8 Å². The van der Waals surface area contributed by atoms with Gasteiger partial charge in [0.05, 0.1) is 35.1 Å². The second-order valence-corrected chi connectivity index (χ2v) is 10.6. The van der Waals surface area contributed by atoms with Gasteiger partial charge >= 0.3 is 0 Å². The molecule has 0 bridgehead atoms. The highest BCUT2D eigenvalue weighted by Crippen LogP contribution is 2.36. The Morgan fingerprint density at radius 3 is 2.66 bits per heavy atom. The van der Waals surface area contributed by atoms with Crippen LogP contribution >= 0.6 is 11.6 Å². The minimum Gasteiger partial charge on any atom is -0.495 e. The van der Waals surface area contributed by atoms with Gasteiger partial charge in [-0.05, 0) is 57.5 Å². The second-order valence-electron chi connectivity index (χ2n) is 10.2. The molecule has 214 valence electrons. The number of aromatic amines is 1. The summed E-state index contributed by atoms with van der Waals surface area (Å²) >= 11 is 6.65. The number of anilines is 4. The van der Waals surface area contributed by atoms with E-state index in [-0.39, 0.29) is 5.91 Å². The van der Waals surface area contributed by atoms with E-state index in [4.69, 9.17) is 21.3 Å². The van der Waals surface area contributed by atoms with Gasteiger partial charge in [0.25, 0.3) is 0 Å². The summed E-state index contributed by atoms with van der Waals surface area (Å²) in [7, 11) is 7.70. The Morgan fingerprint density at radius 1 is 1.12 bits per heavy atom. The summed E-state index contributed by atoms with van der Waals surface area (Å²) in [5.74, 6) is 0.964. The van der Waals surface area contributed by atoms with Crippen molar-refractivity contribution in [2.75, 3.05) is 76.5 Å². The number of fused-ring (bicyclic) bond motifs is 1. The molecule has 1 aliphatic rings. The second kappa shape index (κ2) is 12.5. The van der Waals surface area contributed by atoms with E-state index in [0.717, 1.165) is 43.3 Å². The summed E-state index contributed by atoms with van der Waals surface area (Å²) < 4.78 is 5.66. The monoisotopic (exact) mass is 575 g/mol. The summed E-state index contributed by atoms with van der Waals surface area (Å²) in [5, 5.41) is 14.6. The minimum absolute atomic E-state index is 0.228. The maximum Gasteiger partial charge on any atom is 0.248 e. The normalized spacial score (nSPS) is 14.2. The summed E-state index contributed by atoms with van der Waals surface area (Å²) in [4.78, 5) is 28.5. The summed E-state index contributed by atoms with van der Waals surface area (Å²) in [6, 6.07) is 11.2. The quantitative estimate of drug-likeness (QED) is 0.252. The minimum atomic E-state index is -0.228. The molecule has 0 aliphatic carbocycles. The zero-order valence-electron chi connectivity index (χ0n) is 23.6. The molecule has 0 spiro atoms. The smallest absolute Gasteiger partial charge is 0.248 e. The van der Waals surface area contributed by atoms with Crippen LogP contribution < -0.4 is 20.3 Å². The third kappa shape index (κ3) is 6.76. The number of hydrogen-bond acceptors (Lipinski definition) is 9. The molecule has 3 N–H and O–H groups in total. The molecule has 0 atom stereocenters. The van der Waals surface area contributed by atoms with Crippen LogP contribution in [0, 0.1) is 0 Å². The van der Waals surface area contributed by atoms with Gasteiger partial charge < -0.3 is 30.1 Å². The number of carbonyl (C=O) groups excluding carboxylic acids is 1. The first-order valence-electron chi connectivity index (χ1n) is 13.3. The third-order valence-electron chi connectivity index (χ3n) is 6.82.